The summed E-state index contributed by atoms with van der Waals surface area (Å²) in [7, 11) is 1.55. The number of nitrogens with one attached hydrogen (secondary N) is 2. The molecule has 0 aliphatic rings. The van der Waals surface area contributed by atoms with Crippen molar-refractivity contribution in [3.8, 4) is 5.75 Å². The van der Waals surface area contributed by atoms with E-state index in [1.54, 1.807) is 37.5 Å². The number of hydrogen-bond donors (Lipinski definition) is 2. The number of benzene rings is 1. The summed E-state index contributed by atoms with van der Waals surface area (Å²) >= 11 is 0. The predicted molar refractivity (Wildman–Crippen MR) is 89.3 cm³/mol. The highest BCUT2D eigenvalue weighted by atomic mass is 16.5. The Labute approximate surface area is 141 Å². The molecule has 7 heteroatoms. The van der Waals surface area contributed by atoms with E-state index in [2.05, 4.69) is 10.6 Å². The number of carbonyl (C=O) groups is 3. The number of esters is 1. The van der Waals surface area contributed by atoms with E-state index in [1.165, 1.54) is 6.08 Å². The number of amides is 2. The summed E-state index contributed by atoms with van der Waals surface area (Å²) in [5.74, 6) is -0.830. The Bertz CT molecular complexity index is 611. The van der Waals surface area contributed by atoms with Gasteiger partial charge < -0.3 is 20.1 Å². The van der Waals surface area contributed by atoms with Crippen molar-refractivity contribution in [3.63, 3.8) is 0 Å². The predicted octanol–water partition coefficient (Wildman–Crippen LogP) is 0.892. The lowest BCUT2D eigenvalue weighted by Crippen LogP contribution is -2.41. The molecule has 1 aromatic carbocycles. The third-order valence-corrected chi connectivity index (χ3v) is 2.75. The Balaban J connectivity index is 2.33. The van der Waals surface area contributed by atoms with Crippen molar-refractivity contribution in [2.75, 3.05) is 20.3 Å². The summed E-state index contributed by atoms with van der Waals surface area (Å²) in [4.78, 5) is 34.4. The van der Waals surface area contributed by atoms with Crippen molar-refractivity contribution in [3.05, 3.63) is 35.9 Å². The van der Waals surface area contributed by atoms with E-state index >= 15 is 0 Å². The molecule has 0 bridgehead atoms. The molecule has 0 unspecified atom stereocenters. The molecule has 24 heavy (non-hydrogen) atoms. The maximum Gasteiger partial charge on any atom is 0.331 e. The topological polar surface area (TPSA) is 93.7 Å². The molecule has 0 aliphatic heterocycles. The smallest absolute Gasteiger partial charge is 0.331 e. The van der Waals surface area contributed by atoms with Crippen molar-refractivity contribution < 1.29 is 23.9 Å². The molecule has 7 nitrogen and oxygen atoms in total. The highest BCUT2D eigenvalue weighted by Gasteiger charge is 2.08. The molecule has 0 radical (unpaired) electrons. The lowest BCUT2D eigenvalue weighted by molar-refractivity contribution is -0.143. The molecular weight excluding hydrogens is 312 g/mol. The summed E-state index contributed by atoms with van der Waals surface area (Å²) in [5, 5.41) is 4.99. The van der Waals surface area contributed by atoms with Crippen molar-refractivity contribution in [1.82, 2.24) is 10.6 Å². The number of carbonyl (C=O) groups excluding carboxylic acids is 3. The number of hydrogen-bond acceptors (Lipinski definition) is 5. The Morgan fingerprint density at radius 2 is 1.96 bits per heavy atom. The molecule has 1 aromatic rings. The summed E-state index contributed by atoms with van der Waals surface area (Å²) in [5.41, 5.74) is 0.765. The van der Waals surface area contributed by atoms with Crippen LogP contribution in [0.25, 0.3) is 6.08 Å². The molecule has 0 heterocycles. The maximum absolute atomic E-state index is 11.6. The lowest BCUT2D eigenvalue weighted by Gasteiger charge is -2.09. The third-order valence-electron chi connectivity index (χ3n) is 2.75. The first-order valence-corrected chi connectivity index (χ1v) is 7.45. The van der Waals surface area contributed by atoms with Gasteiger partial charge in [-0.05, 0) is 37.6 Å². The monoisotopic (exact) mass is 334 g/mol. The van der Waals surface area contributed by atoms with Crippen LogP contribution in [0.5, 0.6) is 5.75 Å². The van der Waals surface area contributed by atoms with Crippen LogP contribution in [-0.4, -0.2) is 44.1 Å². The Kier molecular flexibility index (Phi) is 8.04. The standard InChI is InChI=1S/C17H22N2O5/c1-12(2)19-15(20)10-18-16(21)11-24-17(22)8-7-13-5-4-6-14(9-13)23-3/h4-9,12H,10-11H2,1-3H3,(H,18,21)(H,19,20)/b8-7+. The molecule has 0 spiro atoms. The zero-order valence-corrected chi connectivity index (χ0v) is 14.0. The van der Waals surface area contributed by atoms with E-state index in [-0.39, 0.29) is 18.5 Å². The van der Waals surface area contributed by atoms with Gasteiger partial charge in [-0.25, -0.2) is 4.79 Å². The van der Waals surface area contributed by atoms with Crippen LogP contribution in [0.4, 0.5) is 0 Å². The summed E-state index contributed by atoms with van der Waals surface area (Å²) in [6.07, 6.45) is 2.77. The molecule has 2 N–H and O–H groups in total. The van der Waals surface area contributed by atoms with Gasteiger partial charge in [0.05, 0.1) is 13.7 Å². The van der Waals surface area contributed by atoms with Gasteiger partial charge in [0, 0.05) is 12.1 Å². The van der Waals surface area contributed by atoms with Gasteiger partial charge >= 0.3 is 5.97 Å². The second-order valence-electron chi connectivity index (χ2n) is 5.22. The van der Waals surface area contributed by atoms with Crippen LogP contribution in [0.15, 0.2) is 30.3 Å². The van der Waals surface area contributed by atoms with E-state index in [0.717, 1.165) is 5.56 Å². The second kappa shape index (κ2) is 10.0. The van der Waals surface area contributed by atoms with E-state index in [0.29, 0.717) is 5.75 Å². The number of rotatable bonds is 8. The molecule has 0 saturated heterocycles. The van der Waals surface area contributed by atoms with Gasteiger partial charge in [0.1, 0.15) is 5.75 Å². The fraction of sp³-hybridized carbons (Fsp3) is 0.353. The minimum Gasteiger partial charge on any atom is -0.497 e. The maximum atomic E-state index is 11.6. The third kappa shape index (κ3) is 7.98. The van der Waals surface area contributed by atoms with E-state index in [1.807, 2.05) is 13.8 Å². The molecule has 0 saturated carbocycles. The summed E-state index contributed by atoms with van der Waals surface area (Å²) in [6, 6.07) is 7.12. The van der Waals surface area contributed by atoms with Crippen LogP contribution in [0.3, 0.4) is 0 Å². The lowest BCUT2D eigenvalue weighted by atomic mass is 10.2. The van der Waals surface area contributed by atoms with Crippen molar-refractivity contribution in [2.45, 2.75) is 19.9 Å². The van der Waals surface area contributed by atoms with E-state index < -0.39 is 18.5 Å². The molecule has 0 aromatic heterocycles. The Hall–Kier alpha value is -2.83. The minimum absolute atomic E-state index is 0.00558. The highest BCUT2D eigenvalue weighted by Crippen LogP contribution is 2.13. The quantitative estimate of drug-likeness (QED) is 0.544. The summed E-state index contributed by atoms with van der Waals surface area (Å²) < 4.78 is 9.87. The molecule has 0 atom stereocenters. The fourth-order valence-corrected chi connectivity index (χ4v) is 1.70. The number of ether oxygens (including phenoxy) is 2. The van der Waals surface area contributed by atoms with Gasteiger partial charge in [0.2, 0.25) is 5.91 Å². The van der Waals surface area contributed by atoms with Crippen molar-refractivity contribution >= 4 is 23.9 Å². The Morgan fingerprint density at radius 1 is 1.21 bits per heavy atom. The zero-order chi connectivity index (χ0) is 17.9. The first-order chi connectivity index (χ1) is 11.4. The van der Waals surface area contributed by atoms with Crippen LogP contribution in [0, 0.1) is 0 Å². The molecule has 0 fully saturated rings. The highest BCUT2D eigenvalue weighted by molar-refractivity contribution is 5.90. The van der Waals surface area contributed by atoms with Gasteiger partial charge in [-0.3, -0.25) is 9.59 Å². The van der Waals surface area contributed by atoms with Crippen LogP contribution in [0.2, 0.25) is 0 Å². The second-order valence-corrected chi connectivity index (χ2v) is 5.22. The SMILES string of the molecule is COc1cccc(/C=C/C(=O)OCC(=O)NCC(=O)NC(C)C)c1. The zero-order valence-electron chi connectivity index (χ0n) is 14.0. The molecular formula is C17H22N2O5. The Morgan fingerprint density at radius 3 is 2.62 bits per heavy atom. The van der Waals surface area contributed by atoms with Crippen molar-refractivity contribution in [1.29, 1.82) is 0 Å². The summed E-state index contributed by atoms with van der Waals surface area (Å²) in [6.45, 7) is 3.02. The molecule has 130 valence electrons. The largest absolute Gasteiger partial charge is 0.497 e. The van der Waals surface area contributed by atoms with Crippen LogP contribution in [-0.2, 0) is 19.1 Å². The van der Waals surface area contributed by atoms with Gasteiger partial charge in [-0.1, -0.05) is 12.1 Å². The molecule has 0 aliphatic carbocycles. The minimum atomic E-state index is -0.653. The first kappa shape index (κ1) is 19.2. The van der Waals surface area contributed by atoms with Gasteiger partial charge in [0.15, 0.2) is 6.61 Å². The average molecular weight is 334 g/mol. The number of methoxy groups -OCH3 is 1. The normalized spacial score (nSPS) is 10.5. The van der Waals surface area contributed by atoms with Gasteiger partial charge in [-0.15, -0.1) is 0 Å². The fourth-order valence-electron chi connectivity index (χ4n) is 1.70. The van der Waals surface area contributed by atoms with Crippen LogP contribution < -0.4 is 15.4 Å². The van der Waals surface area contributed by atoms with Crippen LogP contribution in [0.1, 0.15) is 19.4 Å². The first-order valence-electron chi connectivity index (χ1n) is 7.45. The average Bonchev–Trinajstić information content (AvgIpc) is 2.55. The van der Waals surface area contributed by atoms with Crippen LogP contribution >= 0.6 is 0 Å². The molecule has 1 rings (SSSR count). The van der Waals surface area contributed by atoms with E-state index in [4.69, 9.17) is 9.47 Å². The van der Waals surface area contributed by atoms with Gasteiger partial charge in [-0.2, -0.15) is 0 Å². The van der Waals surface area contributed by atoms with Gasteiger partial charge in [0.25, 0.3) is 5.91 Å². The van der Waals surface area contributed by atoms with Crippen molar-refractivity contribution in [2.24, 2.45) is 0 Å². The van der Waals surface area contributed by atoms with E-state index in [9.17, 15) is 14.4 Å². The molecule has 2 amide bonds.